The Kier molecular flexibility index (Phi) is 7.30. The number of carbonyl (C=O) groups is 1. The first-order valence-corrected chi connectivity index (χ1v) is 6.82. The van der Waals surface area contributed by atoms with Crippen LogP contribution in [0.5, 0.6) is 0 Å². The van der Waals surface area contributed by atoms with Gasteiger partial charge in [0.05, 0.1) is 6.04 Å². The maximum atomic E-state index is 11.5. The highest BCUT2D eigenvalue weighted by molar-refractivity contribution is 14.1. The van der Waals surface area contributed by atoms with E-state index in [4.69, 9.17) is 4.74 Å². The van der Waals surface area contributed by atoms with Gasteiger partial charge in [-0.05, 0) is 49.8 Å². The van der Waals surface area contributed by atoms with E-state index in [1.165, 1.54) is 0 Å². The van der Waals surface area contributed by atoms with E-state index in [2.05, 4.69) is 12.2 Å². The topological polar surface area (TPSA) is 58.6 Å². The molecular weight excluding hydrogens is 321 g/mol. The van der Waals surface area contributed by atoms with Crippen molar-refractivity contribution in [2.24, 2.45) is 0 Å². The number of ether oxygens (including phenoxy) is 1. The molecule has 4 nitrogen and oxygen atoms in total. The van der Waals surface area contributed by atoms with Gasteiger partial charge in [-0.3, -0.25) is 0 Å². The zero-order chi connectivity index (χ0) is 12.8. The number of amides is 1. The van der Waals surface area contributed by atoms with E-state index in [-0.39, 0.29) is 6.04 Å². The first-order chi connectivity index (χ1) is 7.26. The van der Waals surface area contributed by atoms with E-state index in [0.717, 1.165) is 19.3 Å². The number of aliphatic hydroxyl groups excluding tert-OH is 1. The molecule has 0 fully saturated rings. The molecule has 0 bridgehead atoms. The van der Waals surface area contributed by atoms with Crippen molar-refractivity contribution in [3.05, 3.63) is 0 Å². The van der Waals surface area contributed by atoms with E-state index < -0.39 is 15.8 Å². The average molecular weight is 343 g/mol. The van der Waals surface area contributed by atoms with E-state index in [1.807, 2.05) is 43.4 Å². The van der Waals surface area contributed by atoms with Gasteiger partial charge in [0.25, 0.3) is 0 Å². The number of hydrogen-bond donors (Lipinski definition) is 2. The fourth-order valence-electron chi connectivity index (χ4n) is 1.16. The molecule has 0 aromatic rings. The van der Waals surface area contributed by atoms with Gasteiger partial charge >= 0.3 is 6.09 Å². The summed E-state index contributed by atoms with van der Waals surface area (Å²) >= 11 is 1.90. The standard InChI is InChI=1S/C11H22INO3/c1-5-6-7-8(9(12)14)13-10(15)16-11(2,3)4/h8-9,14H,5-7H2,1-4H3,(H,13,15)/t8-,9?/m0/s1. The van der Waals surface area contributed by atoms with Crippen LogP contribution in [0.1, 0.15) is 47.0 Å². The first-order valence-electron chi connectivity index (χ1n) is 5.58. The molecule has 5 heteroatoms. The van der Waals surface area contributed by atoms with Gasteiger partial charge in [-0.25, -0.2) is 4.79 Å². The van der Waals surface area contributed by atoms with E-state index >= 15 is 0 Å². The summed E-state index contributed by atoms with van der Waals surface area (Å²) in [5, 5.41) is 12.2. The molecule has 1 amide bonds. The predicted molar refractivity (Wildman–Crippen MR) is 72.7 cm³/mol. The SMILES string of the molecule is CCCC[C@H](NC(=O)OC(C)(C)C)C(O)I. The van der Waals surface area contributed by atoms with Gasteiger partial charge in [0.1, 0.15) is 9.71 Å². The lowest BCUT2D eigenvalue weighted by atomic mass is 10.1. The molecular formula is C11H22INO3. The number of alkyl carbamates (subject to hydrolysis) is 1. The van der Waals surface area contributed by atoms with Gasteiger partial charge in [0.15, 0.2) is 0 Å². The fourth-order valence-corrected chi connectivity index (χ4v) is 1.70. The van der Waals surface area contributed by atoms with Gasteiger partial charge < -0.3 is 15.2 Å². The number of halogens is 1. The summed E-state index contributed by atoms with van der Waals surface area (Å²) in [5.41, 5.74) is -0.504. The third-order valence-electron chi connectivity index (χ3n) is 1.90. The zero-order valence-electron chi connectivity index (χ0n) is 10.4. The molecule has 16 heavy (non-hydrogen) atoms. The first kappa shape index (κ1) is 16.0. The second-order valence-electron chi connectivity index (χ2n) is 4.77. The minimum Gasteiger partial charge on any atom is -0.444 e. The maximum Gasteiger partial charge on any atom is 0.407 e. The van der Waals surface area contributed by atoms with Gasteiger partial charge in [-0.2, -0.15) is 0 Å². The molecule has 0 aromatic heterocycles. The van der Waals surface area contributed by atoms with Crippen molar-refractivity contribution in [3.63, 3.8) is 0 Å². The number of unbranched alkanes of at least 4 members (excludes halogenated alkanes) is 1. The van der Waals surface area contributed by atoms with Crippen LogP contribution in [0.15, 0.2) is 0 Å². The Morgan fingerprint density at radius 1 is 1.50 bits per heavy atom. The normalized spacial score (nSPS) is 15.4. The van der Waals surface area contributed by atoms with Crippen LogP contribution in [0.25, 0.3) is 0 Å². The summed E-state index contributed by atoms with van der Waals surface area (Å²) in [6, 6.07) is -0.240. The molecule has 0 aliphatic carbocycles. The molecule has 1 unspecified atom stereocenters. The van der Waals surface area contributed by atoms with Crippen molar-refractivity contribution < 1.29 is 14.6 Å². The Morgan fingerprint density at radius 3 is 2.44 bits per heavy atom. The maximum absolute atomic E-state index is 11.5. The molecule has 0 spiro atoms. The van der Waals surface area contributed by atoms with Crippen LogP contribution in [0, 0.1) is 0 Å². The molecule has 0 aliphatic heterocycles. The van der Waals surface area contributed by atoms with Crippen LogP contribution in [0.2, 0.25) is 0 Å². The number of hydrogen-bond acceptors (Lipinski definition) is 3. The highest BCUT2D eigenvalue weighted by atomic mass is 127. The van der Waals surface area contributed by atoms with Crippen LogP contribution in [0.3, 0.4) is 0 Å². The van der Waals surface area contributed by atoms with E-state index in [9.17, 15) is 9.90 Å². The minimum absolute atomic E-state index is 0.240. The highest BCUT2D eigenvalue weighted by Gasteiger charge is 2.22. The number of alkyl halides is 1. The summed E-state index contributed by atoms with van der Waals surface area (Å²) < 4.78 is 4.55. The van der Waals surface area contributed by atoms with Crippen LogP contribution in [-0.2, 0) is 4.74 Å². The largest absolute Gasteiger partial charge is 0.444 e. The highest BCUT2D eigenvalue weighted by Crippen LogP contribution is 2.12. The van der Waals surface area contributed by atoms with E-state index in [1.54, 1.807) is 0 Å². The Labute approximate surface area is 111 Å². The van der Waals surface area contributed by atoms with Crippen LogP contribution >= 0.6 is 22.6 Å². The molecule has 0 saturated heterocycles. The van der Waals surface area contributed by atoms with Gasteiger partial charge in [0.2, 0.25) is 0 Å². The Balaban J connectivity index is 4.13. The summed E-state index contributed by atoms with van der Waals surface area (Å²) in [6.07, 6.45) is 2.31. The Bertz CT molecular complexity index is 214. The van der Waals surface area contributed by atoms with Crippen molar-refractivity contribution in [1.29, 1.82) is 0 Å². The molecule has 0 rings (SSSR count). The third kappa shape index (κ3) is 8.15. The molecule has 2 N–H and O–H groups in total. The minimum atomic E-state index is -0.586. The van der Waals surface area contributed by atoms with Crippen molar-refractivity contribution in [2.45, 2.75) is 62.7 Å². The zero-order valence-corrected chi connectivity index (χ0v) is 12.6. The molecule has 0 aliphatic rings. The van der Waals surface area contributed by atoms with Crippen molar-refractivity contribution in [3.8, 4) is 0 Å². The number of nitrogens with one attached hydrogen (secondary N) is 1. The van der Waals surface area contributed by atoms with Gasteiger partial charge in [-0.1, -0.05) is 19.8 Å². The average Bonchev–Trinajstić information content (AvgIpc) is 2.08. The van der Waals surface area contributed by atoms with Crippen LogP contribution < -0.4 is 5.32 Å². The van der Waals surface area contributed by atoms with Crippen LogP contribution in [0.4, 0.5) is 4.79 Å². The second-order valence-corrected chi connectivity index (χ2v) is 6.04. The van der Waals surface area contributed by atoms with Crippen molar-refractivity contribution in [1.82, 2.24) is 5.32 Å². The quantitative estimate of drug-likeness (QED) is 0.596. The Hall–Kier alpha value is -0.0400. The summed E-state index contributed by atoms with van der Waals surface area (Å²) in [7, 11) is 0. The molecule has 0 saturated carbocycles. The third-order valence-corrected chi connectivity index (χ3v) is 2.77. The molecule has 0 heterocycles. The monoisotopic (exact) mass is 343 g/mol. The summed E-state index contributed by atoms with van der Waals surface area (Å²) in [5.74, 6) is 0. The number of carbonyl (C=O) groups excluding carboxylic acids is 1. The lowest BCUT2D eigenvalue weighted by Gasteiger charge is -2.24. The second kappa shape index (κ2) is 7.32. The number of aliphatic hydroxyl groups is 1. The van der Waals surface area contributed by atoms with Gasteiger partial charge in [-0.15, -0.1) is 0 Å². The van der Waals surface area contributed by atoms with Crippen molar-refractivity contribution >= 4 is 28.7 Å². The molecule has 0 radical (unpaired) electrons. The predicted octanol–water partition coefficient (Wildman–Crippen LogP) is 2.82. The van der Waals surface area contributed by atoms with Crippen LogP contribution in [-0.4, -0.2) is 27.0 Å². The molecule has 96 valence electrons. The lowest BCUT2D eigenvalue weighted by Crippen LogP contribution is -2.43. The molecule has 0 aromatic carbocycles. The lowest BCUT2D eigenvalue weighted by molar-refractivity contribution is 0.0472. The smallest absolute Gasteiger partial charge is 0.407 e. The summed E-state index contributed by atoms with van der Waals surface area (Å²) in [4.78, 5) is 11.5. The van der Waals surface area contributed by atoms with Gasteiger partial charge in [0, 0.05) is 0 Å². The van der Waals surface area contributed by atoms with E-state index in [0.29, 0.717) is 0 Å². The molecule has 2 atom stereocenters. The van der Waals surface area contributed by atoms with Crippen molar-refractivity contribution in [2.75, 3.05) is 0 Å². The number of rotatable bonds is 5. The Morgan fingerprint density at radius 2 is 2.06 bits per heavy atom. The summed E-state index contributed by atoms with van der Waals surface area (Å²) in [6.45, 7) is 7.51. The fraction of sp³-hybridized carbons (Fsp3) is 0.909.